The van der Waals surface area contributed by atoms with Crippen molar-refractivity contribution >= 4 is 23.4 Å². The predicted molar refractivity (Wildman–Crippen MR) is 122 cm³/mol. The van der Waals surface area contributed by atoms with Gasteiger partial charge in [-0.15, -0.1) is 0 Å². The Balaban J connectivity index is 2.17. The Morgan fingerprint density at radius 1 is 1.29 bits per heavy atom. The number of carbonyl (C=O) groups is 2. The average Bonchev–Trinajstić information content (AvgIpc) is 3.15. The molecule has 0 radical (unpaired) electrons. The molecule has 2 amide bonds. The number of aromatic amines is 1. The number of rotatable bonds is 8. The van der Waals surface area contributed by atoms with Crippen molar-refractivity contribution in [1.82, 2.24) is 15.5 Å². The van der Waals surface area contributed by atoms with Gasteiger partial charge in [-0.3, -0.25) is 9.89 Å². The number of nitrogens with zero attached hydrogens (tertiary/aromatic N) is 1. The maximum Gasteiger partial charge on any atom is 0.408 e. The van der Waals surface area contributed by atoms with Gasteiger partial charge in [0.15, 0.2) is 5.82 Å². The van der Waals surface area contributed by atoms with Crippen LogP contribution < -0.4 is 16.4 Å². The topological polar surface area (TPSA) is 122 Å². The second kappa shape index (κ2) is 10.8. The lowest BCUT2D eigenvalue weighted by molar-refractivity contribution is -0.118. The van der Waals surface area contributed by atoms with Gasteiger partial charge in [-0.05, 0) is 38.6 Å². The van der Waals surface area contributed by atoms with Crippen LogP contribution in [0.5, 0.6) is 0 Å². The second-order valence-corrected chi connectivity index (χ2v) is 7.76. The van der Waals surface area contributed by atoms with E-state index in [1.807, 2.05) is 30.3 Å². The number of ether oxygens (including phenoxy) is 1. The number of H-pyrrole nitrogens is 1. The molecule has 1 aromatic carbocycles. The van der Waals surface area contributed by atoms with E-state index in [9.17, 15) is 9.59 Å². The zero-order chi connectivity index (χ0) is 22.9. The number of allylic oxidation sites excluding steroid dienone is 4. The summed E-state index contributed by atoms with van der Waals surface area (Å²) in [6, 6.07) is 10.2. The summed E-state index contributed by atoms with van der Waals surface area (Å²) in [5.41, 5.74) is 7.09. The van der Waals surface area contributed by atoms with Crippen LogP contribution >= 0.6 is 0 Å². The molecule has 8 heteroatoms. The summed E-state index contributed by atoms with van der Waals surface area (Å²) >= 11 is 0. The van der Waals surface area contributed by atoms with Crippen LogP contribution in [0, 0.1) is 0 Å². The molecule has 2 aromatic rings. The van der Waals surface area contributed by atoms with E-state index in [0.717, 1.165) is 11.1 Å². The smallest absolute Gasteiger partial charge is 0.408 e. The Morgan fingerprint density at radius 2 is 2.00 bits per heavy atom. The highest BCUT2D eigenvalue weighted by atomic mass is 16.6. The summed E-state index contributed by atoms with van der Waals surface area (Å²) in [4.78, 5) is 25.2. The number of amides is 2. The standard InChI is InChI=1S/C23H29N5O3/c1-5-9-17(12-13-24)18-15-20(28-27-18)26-21(29)19(14-16-10-7-6-8-11-16)25-22(30)31-23(2,3)4/h5-13,15,19H,1,14,24H2,2-4H3,(H,25,30)(H2,26,27,28,29)/b13-12-,17-9+/t19-/m0/s1. The van der Waals surface area contributed by atoms with Gasteiger partial charge in [0, 0.05) is 18.1 Å². The number of benzene rings is 1. The fourth-order valence-corrected chi connectivity index (χ4v) is 2.72. The summed E-state index contributed by atoms with van der Waals surface area (Å²) in [7, 11) is 0. The van der Waals surface area contributed by atoms with Gasteiger partial charge in [-0.1, -0.05) is 49.1 Å². The van der Waals surface area contributed by atoms with Crippen molar-refractivity contribution in [2.24, 2.45) is 5.73 Å². The molecule has 2 rings (SSSR count). The van der Waals surface area contributed by atoms with Crippen LogP contribution in [0.15, 0.2) is 67.4 Å². The van der Waals surface area contributed by atoms with Crippen LogP contribution in [-0.4, -0.2) is 33.8 Å². The number of aromatic nitrogens is 2. The molecule has 164 valence electrons. The van der Waals surface area contributed by atoms with Gasteiger partial charge in [0.05, 0.1) is 5.69 Å². The minimum atomic E-state index is -0.857. The molecule has 1 heterocycles. The van der Waals surface area contributed by atoms with Crippen molar-refractivity contribution in [2.45, 2.75) is 38.8 Å². The fourth-order valence-electron chi connectivity index (χ4n) is 2.72. The highest BCUT2D eigenvalue weighted by molar-refractivity contribution is 5.96. The molecule has 0 unspecified atom stereocenters. The van der Waals surface area contributed by atoms with Gasteiger partial charge in [0.2, 0.25) is 5.91 Å². The van der Waals surface area contributed by atoms with Crippen molar-refractivity contribution in [1.29, 1.82) is 0 Å². The van der Waals surface area contributed by atoms with Gasteiger partial charge in [-0.2, -0.15) is 5.10 Å². The van der Waals surface area contributed by atoms with Crippen LogP contribution in [0.1, 0.15) is 32.0 Å². The normalized spacial score (nSPS) is 12.9. The van der Waals surface area contributed by atoms with Gasteiger partial charge < -0.3 is 21.1 Å². The third kappa shape index (κ3) is 7.85. The SMILES string of the molecule is C=C/C=C(\C=C/N)c1cc(NC(=O)[C@H](Cc2ccccc2)NC(=O)OC(C)(C)C)n[nH]1. The number of anilines is 1. The predicted octanol–water partition coefficient (Wildman–Crippen LogP) is 3.53. The minimum Gasteiger partial charge on any atom is -0.444 e. The van der Waals surface area contributed by atoms with Gasteiger partial charge in [0.25, 0.3) is 0 Å². The molecule has 31 heavy (non-hydrogen) atoms. The Labute approximate surface area is 182 Å². The molecule has 0 bridgehead atoms. The largest absolute Gasteiger partial charge is 0.444 e. The monoisotopic (exact) mass is 423 g/mol. The van der Waals surface area contributed by atoms with Crippen molar-refractivity contribution in [3.8, 4) is 0 Å². The third-order valence-electron chi connectivity index (χ3n) is 4.00. The van der Waals surface area contributed by atoms with E-state index in [2.05, 4.69) is 27.4 Å². The van der Waals surface area contributed by atoms with Crippen molar-refractivity contribution < 1.29 is 14.3 Å². The van der Waals surface area contributed by atoms with E-state index in [1.54, 1.807) is 45.1 Å². The first-order valence-electron chi connectivity index (χ1n) is 9.83. The highest BCUT2D eigenvalue weighted by Crippen LogP contribution is 2.17. The molecule has 0 saturated carbocycles. The Kier molecular flexibility index (Phi) is 8.19. The number of hydrogen-bond acceptors (Lipinski definition) is 5. The maximum absolute atomic E-state index is 12.9. The number of hydrogen-bond donors (Lipinski definition) is 4. The molecule has 1 aromatic heterocycles. The quantitative estimate of drug-likeness (QED) is 0.484. The Bertz CT molecular complexity index is 955. The zero-order valence-electron chi connectivity index (χ0n) is 18.0. The van der Waals surface area contributed by atoms with Crippen LogP contribution in [0.2, 0.25) is 0 Å². The molecular formula is C23H29N5O3. The van der Waals surface area contributed by atoms with E-state index in [0.29, 0.717) is 17.9 Å². The first kappa shape index (κ1) is 23.5. The molecule has 0 fully saturated rings. The molecule has 0 aliphatic rings. The minimum absolute atomic E-state index is 0.292. The summed E-state index contributed by atoms with van der Waals surface area (Å²) in [6.45, 7) is 8.95. The van der Waals surface area contributed by atoms with Crippen LogP contribution in [-0.2, 0) is 16.0 Å². The number of nitrogens with two attached hydrogens (primary N) is 1. The van der Waals surface area contributed by atoms with E-state index < -0.39 is 23.6 Å². The van der Waals surface area contributed by atoms with Crippen LogP contribution in [0.4, 0.5) is 10.6 Å². The molecule has 5 N–H and O–H groups in total. The molecular weight excluding hydrogens is 394 g/mol. The van der Waals surface area contributed by atoms with E-state index in [4.69, 9.17) is 10.5 Å². The van der Waals surface area contributed by atoms with Gasteiger partial charge in [-0.25, -0.2) is 4.79 Å². The molecule has 0 aliphatic heterocycles. The summed E-state index contributed by atoms with van der Waals surface area (Å²) in [5, 5.41) is 12.3. The fraction of sp³-hybridized carbons (Fsp3) is 0.261. The first-order valence-corrected chi connectivity index (χ1v) is 9.83. The molecule has 0 saturated heterocycles. The van der Waals surface area contributed by atoms with Crippen molar-refractivity contribution in [3.05, 3.63) is 78.7 Å². The number of alkyl carbamates (subject to hydrolysis) is 1. The number of nitrogens with one attached hydrogen (secondary N) is 3. The summed E-state index contributed by atoms with van der Waals surface area (Å²) in [6.07, 6.45) is 6.08. The molecule has 1 atom stereocenters. The molecule has 8 nitrogen and oxygen atoms in total. The van der Waals surface area contributed by atoms with Crippen LogP contribution in [0.3, 0.4) is 0 Å². The van der Waals surface area contributed by atoms with E-state index in [1.165, 1.54) is 6.20 Å². The zero-order valence-corrected chi connectivity index (χ0v) is 18.0. The van der Waals surface area contributed by atoms with Gasteiger partial charge >= 0.3 is 6.09 Å². The lowest BCUT2D eigenvalue weighted by Gasteiger charge is -2.23. The number of carbonyl (C=O) groups excluding carboxylic acids is 2. The summed E-state index contributed by atoms with van der Waals surface area (Å²) in [5.74, 6) is -0.110. The van der Waals surface area contributed by atoms with Crippen molar-refractivity contribution in [2.75, 3.05) is 5.32 Å². The Morgan fingerprint density at radius 3 is 2.61 bits per heavy atom. The maximum atomic E-state index is 12.9. The van der Waals surface area contributed by atoms with E-state index in [-0.39, 0.29) is 0 Å². The third-order valence-corrected chi connectivity index (χ3v) is 4.00. The summed E-state index contributed by atoms with van der Waals surface area (Å²) < 4.78 is 5.31. The Hall–Kier alpha value is -3.81. The van der Waals surface area contributed by atoms with Crippen molar-refractivity contribution in [3.63, 3.8) is 0 Å². The van der Waals surface area contributed by atoms with Crippen LogP contribution in [0.25, 0.3) is 5.57 Å². The molecule has 0 spiro atoms. The molecule has 0 aliphatic carbocycles. The van der Waals surface area contributed by atoms with Gasteiger partial charge in [0.1, 0.15) is 11.6 Å². The first-order chi connectivity index (χ1) is 14.7. The highest BCUT2D eigenvalue weighted by Gasteiger charge is 2.25. The van der Waals surface area contributed by atoms with E-state index >= 15 is 0 Å². The average molecular weight is 424 g/mol. The lowest BCUT2D eigenvalue weighted by Crippen LogP contribution is -2.47. The lowest BCUT2D eigenvalue weighted by atomic mass is 10.1. The second-order valence-electron chi connectivity index (χ2n) is 7.76.